The zero-order chi connectivity index (χ0) is 11.8. The van der Waals surface area contributed by atoms with Crippen LogP contribution in [0, 0.1) is 5.82 Å². The molecule has 0 N–H and O–H groups in total. The van der Waals surface area contributed by atoms with Gasteiger partial charge in [0.2, 0.25) is 0 Å². The van der Waals surface area contributed by atoms with Gasteiger partial charge in [-0.25, -0.2) is 9.37 Å². The van der Waals surface area contributed by atoms with Crippen LogP contribution in [0.3, 0.4) is 0 Å². The van der Waals surface area contributed by atoms with Gasteiger partial charge in [0.25, 0.3) is 0 Å². The van der Waals surface area contributed by atoms with Crippen LogP contribution in [-0.4, -0.2) is 22.6 Å². The van der Waals surface area contributed by atoms with Crippen molar-refractivity contribution >= 4 is 21.6 Å². The molecule has 1 aliphatic rings. The van der Waals surface area contributed by atoms with Gasteiger partial charge in [-0.3, -0.25) is 0 Å². The molecule has 1 fully saturated rings. The average Bonchev–Trinajstić information content (AvgIpc) is 2.74. The van der Waals surface area contributed by atoms with E-state index < -0.39 is 0 Å². The lowest BCUT2D eigenvalue weighted by Gasteiger charge is -2.19. The summed E-state index contributed by atoms with van der Waals surface area (Å²) in [6.45, 7) is 1.54. The summed E-state index contributed by atoms with van der Waals surface area (Å²) in [4.78, 5) is 4.39. The Kier molecular flexibility index (Phi) is 2.88. The van der Waals surface area contributed by atoms with Gasteiger partial charge in [-0.1, -0.05) is 0 Å². The fraction of sp³-hybridized carbons (Fsp3) is 0.417. The van der Waals surface area contributed by atoms with Crippen LogP contribution >= 0.6 is 15.9 Å². The van der Waals surface area contributed by atoms with Crippen LogP contribution in [0.4, 0.5) is 4.39 Å². The first-order valence-electron chi connectivity index (χ1n) is 5.65. The molecule has 5 heteroatoms. The van der Waals surface area contributed by atoms with Crippen LogP contribution in [0.5, 0.6) is 0 Å². The molecule has 17 heavy (non-hydrogen) atoms. The molecule has 2 aromatic rings. The zero-order valence-corrected chi connectivity index (χ0v) is 10.8. The number of aromatic nitrogens is 2. The molecule has 1 saturated heterocycles. The number of rotatable bonds is 1. The topological polar surface area (TPSA) is 26.5 Å². The number of halogens is 2. The average molecular weight is 299 g/mol. The second kappa shape index (κ2) is 4.38. The number of imidazole rings is 1. The van der Waals surface area contributed by atoms with Crippen LogP contribution in [0.15, 0.2) is 22.9 Å². The molecular formula is C12H12BrFN2O. The highest BCUT2D eigenvalue weighted by Gasteiger charge is 2.19. The molecule has 3 rings (SSSR count). The molecule has 90 valence electrons. The minimum Gasteiger partial charge on any atom is -0.381 e. The third-order valence-electron chi connectivity index (χ3n) is 3.13. The van der Waals surface area contributed by atoms with Gasteiger partial charge in [0.1, 0.15) is 0 Å². The Hall–Kier alpha value is -0.940. The SMILES string of the molecule is Fc1cc(Br)cn2cc(C3CCOCC3)nc12. The van der Waals surface area contributed by atoms with Gasteiger partial charge in [-0.15, -0.1) is 0 Å². The second-order valence-electron chi connectivity index (χ2n) is 4.29. The standard InChI is InChI=1S/C12H12BrFN2O/c13-9-5-10(14)12-15-11(7-16(12)6-9)8-1-3-17-4-2-8/h5-8H,1-4H2. The molecule has 0 atom stereocenters. The smallest absolute Gasteiger partial charge is 0.173 e. The Morgan fingerprint density at radius 2 is 2.12 bits per heavy atom. The number of nitrogens with zero attached hydrogens (tertiary/aromatic N) is 2. The number of pyridine rings is 1. The number of ether oxygens (including phenoxy) is 1. The number of fused-ring (bicyclic) bond motifs is 1. The fourth-order valence-corrected chi connectivity index (χ4v) is 2.66. The molecule has 0 saturated carbocycles. The van der Waals surface area contributed by atoms with Crippen molar-refractivity contribution in [2.75, 3.05) is 13.2 Å². The molecule has 0 amide bonds. The van der Waals surface area contributed by atoms with Crippen molar-refractivity contribution in [3.05, 3.63) is 34.4 Å². The third kappa shape index (κ3) is 2.09. The monoisotopic (exact) mass is 298 g/mol. The summed E-state index contributed by atoms with van der Waals surface area (Å²) in [6, 6.07) is 1.44. The highest BCUT2D eigenvalue weighted by Crippen LogP contribution is 2.27. The summed E-state index contributed by atoms with van der Waals surface area (Å²) in [5.74, 6) is 0.0968. The summed E-state index contributed by atoms with van der Waals surface area (Å²) in [5.41, 5.74) is 1.36. The van der Waals surface area contributed by atoms with E-state index in [4.69, 9.17) is 4.74 Å². The molecular weight excluding hydrogens is 287 g/mol. The lowest BCUT2D eigenvalue weighted by molar-refractivity contribution is 0.0846. The predicted octanol–water partition coefficient (Wildman–Crippen LogP) is 3.13. The number of hydrogen-bond acceptors (Lipinski definition) is 2. The van der Waals surface area contributed by atoms with E-state index in [2.05, 4.69) is 20.9 Å². The van der Waals surface area contributed by atoms with Gasteiger partial charge in [0.05, 0.1) is 5.69 Å². The van der Waals surface area contributed by atoms with Gasteiger partial charge < -0.3 is 9.14 Å². The molecule has 0 aliphatic carbocycles. The molecule has 2 aromatic heterocycles. The maximum atomic E-state index is 13.7. The van der Waals surface area contributed by atoms with E-state index in [1.807, 2.05) is 12.4 Å². The van der Waals surface area contributed by atoms with Crippen LogP contribution in [0.2, 0.25) is 0 Å². The number of hydrogen-bond donors (Lipinski definition) is 0. The van der Waals surface area contributed by atoms with Crippen molar-refractivity contribution in [2.24, 2.45) is 0 Å². The summed E-state index contributed by atoms with van der Waals surface area (Å²) in [5, 5.41) is 0. The van der Waals surface area contributed by atoms with Gasteiger partial charge in [0, 0.05) is 36.0 Å². The lowest BCUT2D eigenvalue weighted by atomic mass is 9.97. The van der Waals surface area contributed by atoms with Crippen LogP contribution in [-0.2, 0) is 4.74 Å². The van der Waals surface area contributed by atoms with Crippen molar-refractivity contribution in [2.45, 2.75) is 18.8 Å². The van der Waals surface area contributed by atoms with E-state index >= 15 is 0 Å². The quantitative estimate of drug-likeness (QED) is 0.809. The minimum atomic E-state index is -0.294. The molecule has 0 spiro atoms. The van der Waals surface area contributed by atoms with E-state index in [9.17, 15) is 4.39 Å². The Bertz CT molecular complexity index is 549. The first-order valence-corrected chi connectivity index (χ1v) is 6.45. The summed E-state index contributed by atoms with van der Waals surface area (Å²) >= 11 is 3.28. The molecule has 1 aliphatic heterocycles. The Balaban J connectivity index is 2.03. The molecule has 0 radical (unpaired) electrons. The molecule has 0 bridgehead atoms. The maximum absolute atomic E-state index is 13.7. The van der Waals surface area contributed by atoms with Gasteiger partial charge in [-0.05, 0) is 34.8 Å². The van der Waals surface area contributed by atoms with Crippen molar-refractivity contribution in [3.8, 4) is 0 Å². The van der Waals surface area contributed by atoms with Gasteiger partial charge in [-0.2, -0.15) is 0 Å². The highest BCUT2D eigenvalue weighted by molar-refractivity contribution is 9.10. The first-order chi connectivity index (χ1) is 8.24. The van der Waals surface area contributed by atoms with Crippen molar-refractivity contribution in [3.63, 3.8) is 0 Å². The van der Waals surface area contributed by atoms with Gasteiger partial charge in [0.15, 0.2) is 11.5 Å². The molecule has 3 heterocycles. The Labute approximate surface area is 107 Å². The summed E-state index contributed by atoms with van der Waals surface area (Å²) in [7, 11) is 0. The highest BCUT2D eigenvalue weighted by atomic mass is 79.9. The van der Waals surface area contributed by atoms with Crippen molar-refractivity contribution in [1.82, 2.24) is 9.38 Å². The first kappa shape index (κ1) is 11.2. The van der Waals surface area contributed by atoms with E-state index in [1.54, 1.807) is 4.40 Å². The minimum absolute atomic E-state index is 0.294. The van der Waals surface area contributed by atoms with Crippen molar-refractivity contribution in [1.29, 1.82) is 0 Å². The Morgan fingerprint density at radius 3 is 2.88 bits per heavy atom. The molecule has 0 aromatic carbocycles. The van der Waals surface area contributed by atoms with Crippen LogP contribution in [0.1, 0.15) is 24.5 Å². The second-order valence-corrected chi connectivity index (χ2v) is 5.21. The molecule has 0 unspecified atom stereocenters. The maximum Gasteiger partial charge on any atom is 0.173 e. The van der Waals surface area contributed by atoms with Crippen LogP contribution < -0.4 is 0 Å². The van der Waals surface area contributed by atoms with Crippen LogP contribution in [0.25, 0.3) is 5.65 Å². The lowest BCUT2D eigenvalue weighted by Crippen LogP contribution is -2.14. The van der Waals surface area contributed by atoms with E-state index in [0.717, 1.165) is 36.2 Å². The van der Waals surface area contributed by atoms with E-state index in [0.29, 0.717) is 11.6 Å². The summed E-state index contributed by atoms with van der Waals surface area (Å²) in [6.07, 6.45) is 5.67. The Morgan fingerprint density at radius 1 is 1.35 bits per heavy atom. The third-order valence-corrected chi connectivity index (χ3v) is 3.56. The van der Waals surface area contributed by atoms with Crippen molar-refractivity contribution < 1.29 is 9.13 Å². The molecule has 3 nitrogen and oxygen atoms in total. The fourth-order valence-electron chi connectivity index (χ4n) is 2.23. The van der Waals surface area contributed by atoms with Gasteiger partial charge >= 0.3 is 0 Å². The summed E-state index contributed by atoms with van der Waals surface area (Å²) < 4.78 is 21.5. The zero-order valence-electron chi connectivity index (χ0n) is 9.20. The van der Waals surface area contributed by atoms with E-state index in [-0.39, 0.29) is 5.82 Å². The largest absolute Gasteiger partial charge is 0.381 e. The normalized spacial score (nSPS) is 17.8. The van der Waals surface area contributed by atoms with E-state index in [1.165, 1.54) is 6.07 Å². The predicted molar refractivity (Wildman–Crippen MR) is 65.6 cm³/mol.